The molecule has 0 bridgehead atoms. The molecule has 0 aliphatic carbocycles. The average Bonchev–Trinajstić information content (AvgIpc) is 2.59. The third-order valence-electron chi connectivity index (χ3n) is 3.42. The van der Waals surface area contributed by atoms with E-state index >= 15 is 0 Å². The number of hydrazine groups is 1. The molecular formula is C18H13FN2O2. The molecule has 5 heteroatoms. The molecule has 0 atom stereocenters. The lowest BCUT2D eigenvalue weighted by molar-refractivity contribution is 0.0844. The van der Waals surface area contributed by atoms with Crippen molar-refractivity contribution in [3.63, 3.8) is 0 Å². The monoisotopic (exact) mass is 308 g/mol. The second-order valence-corrected chi connectivity index (χ2v) is 4.95. The van der Waals surface area contributed by atoms with E-state index < -0.39 is 17.6 Å². The molecule has 0 aromatic heterocycles. The summed E-state index contributed by atoms with van der Waals surface area (Å²) in [6.07, 6.45) is 0. The van der Waals surface area contributed by atoms with Crippen molar-refractivity contribution in [2.75, 3.05) is 0 Å². The first-order valence-corrected chi connectivity index (χ1v) is 6.99. The lowest BCUT2D eigenvalue weighted by atomic mass is 10.1. The van der Waals surface area contributed by atoms with E-state index in [0.717, 1.165) is 10.8 Å². The van der Waals surface area contributed by atoms with Gasteiger partial charge in [0.1, 0.15) is 5.82 Å². The van der Waals surface area contributed by atoms with Gasteiger partial charge in [-0.3, -0.25) is 20.4 Å². The van der Waals surface area contributed by atoms with E-state index in [9.17, 15) is 14.0 Å². The molecule has 2 N–H and O–H groups in total. The third kappa shape index (κ3) is 3.18. The molecule has 3 rings (SSSR count). The van der Waals surface area contributed by atoms with Crippen LogP contribution in [-0.2, 0) is 0 Å². The SMILES string of the molecule is O=C(NNC(=O)c1ccccc1F)c1ccc2ccccc2c1. The van der Waals surface area contributed by atoms with Crippen molar-refractivity contribution in [2.24, 2.45) is 0 Å². The Morgan fingerprint density at radius 1 is 0.739 bits per heavy atom. The van der Waals surface area contributed by atoms with Crippen LogP contribution in [-0.4, -0.2) is 11.8 Å². The first kappa shape index (κ1) is 14.7. The molecule has 0 fully saturated rings. The standard InChI is InChI=1S/C18H13FN2O2/c19-16-8-4-3-7-15(16)18(23)21-20-17(22)14-10-9-12-5-1-2-6-13(12)11-14/h1-11H,(H,20,22)(H,21,23). The fraction of sp³-hybridized carbons (Fsp3) is 0. The number of nitrogens with one attached hydrogen (secondary N) is 2. The van der Waals surface area contributed by atoms with Gasteiger partial charge in [-0.25, -0.2) is 4.39 Å². The molecular weight excluding hydrogens is 295 g/mol. The van der Waals surface area contributed by atoms with Gasteiger partial charge in [-0.1, -0.05) is 42.5 Å². The van der Waals surface area contributed by atoms with Crippen molar-refractivity contribution in [3.05, 3.63) is 83.7 Å². The molecule has 0 unspecified atom stereocenters. The minimum absolute atomic E-state index is 0.133. The quantitative estimate of drug-likeness (QED) is 0.715. The van der Waals surface area contributed by atoms with Gasteiger partial charge in [0.25, 0.3) is 11.8 Å². The first-order chi connectivity index (χ1) is 11.1. The van der Waals surface area contributed by atoms with Crippen molar-refractivity contribution in [1.82, 2.24) is 10.9 Å². The number of carbonyl (C=O) groups excluding carboxylic acids is 2. The van der Waals surface area contributed by atoms with Crippen LogP contribution in [0.25, 0.3) is 10.8 Å². The summed E-state index contributed by atoms with van der Waals surface area (Å²) in [5, 5.41) is 1.93. The van der Waals surface area contributed by atoms with Crippen molar-refractivity contribution < 1.29 is 14.0 Å². The topological polar surface area (TPSA) is 58.2 Å². The summed E-state index contributed by atoms with van der Waals surface area (Å²) in [6, 6.07) is 18.4. The number of benzene rings is 3. The Labute approximate surface area is 131 Å². The summed E-state index contributed by atoms with van der Waals surface area (Å²) >= 11 is 0. The highest BCUT2D eigenvalue weighted by Gasteiger charge is 2.12. The highest BCUT2D eigenvalue weighted by Crippen LogP contribution is 2.15. The lowest BCUT2D eigenvalue weighted by Gasteiger charge is -2.08. The largest absolute Gasteiger partial charge is 0.272 e. The molecule has 3 aromatic rings. The number of fused-ring (bicyclic) bond motifs is 1. The molecule has 3 aromatic carbocycles. The molecule has 0 radical (unpaired) electrons. The van der Waals surface area contributed by atoms with Crippen LogP contribution in [0.15, 0.2) is 66.7 Å². The van der Waals surface area contributed by atoms with Gasteiger partial charge >= 0.3 is 0 Å². The zero-order valence-electron chi connectivity index (χ0n) is 12.0. The Bertz CT molecular complexity index is 893. The third-order valence-corrected chi connectivity index (χ3v) is 3.42. The van der Waals surface area contributed by atoms with Crippen LogP contribution in [0.1, 0.15) is 20.7 Å². The van der Waals surface area contributed by atoms with E-state index in [2.05, 4.69) is 10.9 Å². The van der Waals surface area contributed by atoms with Gasteiger partial charge < -0.3 is 0 Å². The molecule has 4 nitrogen and oxygen atoms in total. The van der Waals surface area contributed by atoms with Crippen molar-refractivity contribution in [1.29, 1.82) is 0 Å². The van der Waals surface area contributed by atoms with E-state index in [-0.39, 0.29) is 5.56 Å². The highest BCUT2D eigenvalue weighted by molar-refractivity contribution is 6.01. The van der Waals surface area contributed by atoms with Gasteiger partial charge in [0, 0.05) is 5.56 Å². The van der Waals surface area contributed by atoms with Gasteiger partial charge in [-0.2, -0.15) is 0 Å². The Kier molecular flexibility index (Phi) is 4.01. The number of carbonyl (C=O) groups is 2. The second kappa shape index (κ2) is 6.27. The molecule has 0 aliphatic rings. The second-order valence-electron chi connectivity index (χ2n) is 4.95. The zero-order chi connectivity index (χ0) is 16.2. The summed E-state index contributed by atoms with van der Waals surface area (Å²) in [6.45, 7) is 0. The average molecular weight is 308 g/mol. The van der Waals surface area contributed by atoms with Crippen LogP contribution in [0.2, 0.25) is 0 Å². The van der Waals surface area contributed by atoms with E-state index in [1.807, 2.05) is 30.3 Å². The Balaban J connectivity index is 1.71. The van der Waals surface area contributed by atoms with E-state index in [0.29, 0.717) is 5.56 Å². The summed E-state index contributed by atoms with van der Waals surface area (Å²) < 4.78 is 13.5. The Morgan fingerprint density at radius 2 is 1.39 bits per heavy atom. The summed E-state index contributed by atoms with van der Waals surface area (Å²) in [5.74, 6) is -1.83. The maximum atomic E-state index is 13.5. The van der Waals surface area contributed by atoms with Crippen LogP contribution >= 0.6 is 0 Å². The van der Waals surface area contributed by atoms with Crippen molar-refractivity contribution in [3.8, 4) is 0 Å². The van der Waals surface area contributed by atoms with E-state index in [1.165, 1.54) is 18.2 Å². The number of hydrogen-bond acceptors (Lipinski definition) is 2. The van der Waals surface area contributed by atoms with Crippen molar-refractivity contribution >= 4 is 22.6 Å². The molecule has 0 aliphatic heterocycles. The van der Waals surface area contributed by atoms with Gasteiger partial charge in [0.15, 0.2) is 0 Å². The van der Waals surface area contributed by atoms with Crippen LogP contribution in [0.5, 0.6) is 0 Å². The number of amides is 2. The summed E-state index contributed by atoms with van der Waals surface area (Å²) in [7, 11) is 0. The Hall–Kier alpha value is -3.21. The molecule has 0 spiro atoms. The maximum Gasteiger partial charge on any atom is 0.272 e. The van der Waals surface area contributed by atoms with Crippen LogP contribution in [0.3, 0.4) is 0 Å². The highest BCUT2D eigenvalue weighted by atomic mass is 19.1. The first-order valence-electron chi connectivity index (χ1n) is 6.99. The van der Waals surface area contributed by atoms with E-state index in [4.69, 9.17) is 0 Å². The minimum atomic E-state index is -0.711. The molecule has 2 amide bonds. The molecule has 114 valence electrons. The van der Waals surface area contributed by atoms with Gasteiger partial charge in [-0.05, 0) is 35.0 Å². The van der Waals surface area contributed by atoms with Crippen LogP contribution in [0, 0.1) is 5.82 Å². The smallest absolute Gasteiger partial charge is 0.267 e. The van der Waals surface area contributed by atoms with E-state index in [1.54, 1.807) is 18.2 Å². The van der Waals surface area contributed by atoms with Crippen molar-refractivity contribution in [2.45, 2.75) is 0 Å². The van der Waals surface area contributed by atoms with Gasteiger partial charge in [0.2, 0.25) is 0 Å². The normalized spacial score (nSPS) is 10.3. The molecule has 0 saturated heterocycles. The molecule has 23 heavy (non-hydrogen) atoms. The number of hydrogen-bond donors (Lipinski definition) is 2. The maximum absolute atomic E-state index is 13.5. The summed E-state index contributed by atoms with van der Waals surface area (Å²) in [4.78, 5) is 23.9. The fourth-order valence-electron chi connectivity index (χ4n) is 2.23. The molecule has 0 heterocycles. The lowest BCUT2D eigenvalue weighted by Crippen LogP contribution is -2.41. The summed E-state index contributed by atoms with van der Waals surface area (Å²) in [5.41, 5.74) is 4.76. The van der Waals surface area contributed by atoms with Gasteiger partial charge in [-0.15, -0.1) is 0 Å². The predicted molar refractivity (Wildman–Crippen MR) is 85.3 cm³/mol. The minimum Gasteiger partial charge on any atom is -0.267 e. The Morgan fingerprint density at radius 3 is 2.17 bits per heavy atom. The predicted octanol–water partition coefficient (Wildman–Crippen LogP) is 3.05. The van der Waals surface area contributed by atoms with Gasteiger partial charge in [0.05, 0.1) is 5.56 Å². The number of rotatable bonds is 2. The fourth-order valence-corrected chi connectivity index (χ4v) is 2.23. The van der Waals surface area contributed by atoms with Crippen LogP contribution < -0.4 is 10.9 Å². The van der Waals surface area contributed by atoms with Crippen LogP contribution in [0.4, 0.5) is 4.39 Å². The molecule has 0 saturated carbocycles. The zero-order valence-corrected chi connectivity index (χ0v) is 12.0. The number of halogens is 1.